The van der Waals surface area contributed by atoms with Crippen molar-refractivity contribution < 1.29 is 14.4 Å². The van der Waals surface area contributed by atoms with E-state index in [4.69, 9.17) is 5.73 Å². The molecule has 1 atom stereocenters. The minimum atomic E-state index is -0.369. The number of amides is 3. The molecule has 1 fully saturated rings. The van der Waals surface area contributed by atoms with Crippen LogP contribution in [0.5, 0.6) is 0 Å². The van der Waals surface area contributed by atoms with Crippen LogP contribution in [0.1, 0.15) is 30.1 Å². The third-order valence-corrected chi connectivity index (χ3v) is 3.63. The van der Waals surface area contributed by atoms with Crippen LogP contribution in [0.3, 0.4) is 0 Å². The highest BCUT2D eigenvalue weighted by molar-refractivity contribution is 5.96. The number of hydrogen-bond donors (Lipinski definition) is 2. The highest BCUT2D eigenvalue weighted by Gasteiger charge is 2.26. The molecule has 3 N–H and O–H groups in total. The summed E-state index contributed by atoms with van der Waals surface area (Å²) in [6, 6.07) is 6.49. The smallest absolute Gasteiger partial charge is 0.321 e. The Morgan fingerprint density at radius 1 is 1.33 bits per heavy atom. The molecule has 1 aliphatic heterocycles. The lowest BCUT2D eigenvalue weighted by Crippen LogP contribution is -2.45. The first-order valence-corrected chi connectivity index (χ1v) is 6.93. The van der Waals surface area contributed by atoms with Gasteiger partial charge >= 0.3 is 6.03 Å². The van der Waals surface area contributed by atoms with Crippen LogP contribution < -0.4 is 11.1 Å². The summed E-state index contributed by atoms with van der Waals surface area (Å²) in [6.45, 7) is 2.42. The zero-order valence-corrected chi connectivity index (χ0v) is 12.0. The molecular formula is C15H19N3O3. The summed E-state index contributed by atoms with van der Waals surface area (Å²) in [5, 5.41) is 2.75. The number of urea groups is 1. The number of rotatable bonds is 3. The van der Waals surface area contributed by atoms with Crippen molar-refractivity contribution in [2.75, 3.05) is 18.4 Å². The fourth-order valence-electron chi connectivity index (χ4n) is 2.41. The van der Waals surface area contributed by atoms with Crippen LogP contribution in [0.25, 0.3) is 0 Å². The average Bonchev–Trinajstić information content (AvgIpc) is 2.47. The van der Waals surface area contributed by atoms with Gasteiger partial charge in [-0.1, -0.05) is 12.1 Å². The normalized spacial score (nSPS) is 18.1. The van der Waals surface area contributed by atoms with Gasteiger partial charge in [-0.25, -0.2) is 4.79 Å². The predicted molar refractivity (Wildman–Crippen MR) is 79.0 cm³/mol. The van der Waals surface area contributed by atoms with E-state index in [9.17, 15) is 14.4 Å². The molecule has 0 bridgehead atoms. The topological polar surface area (TPSA) is 92.5 Å². The summed E-state index contributed by atoms with van der Waals surface area (Å²) >= 11 is 0. The second-order valence-electron chi connectivity index (χ2n) is 5.25. The van der Waals surface area contributed by atoms with Crippen molar-refractivity contribution in [3.05, 3.63) is 29.8 Å². The molecule has 1 aromatic rings. The highest BCUT2D eigenvalue weighted by atomic mass is 16.2. The van der Waals surface area contributed by atoms with Crippen molar-refractivity contribution >= 4 is 23.4 Å². The van der Waals surface area contributed by atoms with Gasteiger partial charge in [0, 0.05) is 24.3 Å². The number of nitrogens with two attached hydrogens (primary N) is 1. The van der Waals surface area contributed by atoms with E-state index in [1.165, 1.54) is 6.92 Å². The minimum Gasteiger partial charge on any atom is -0.369 e. The molecule has 1 heterocycles. The van der Waals surface area contributed by atoms with E-state index in [0.29, 0.717) is 24.3 Å². The average molecular weight is 289 g/mol. The fraction of sp³-hybridized carbons (Fsp3) is 0.400. The number of nitrogens with one attached hydrogen (secondary N) is 1. The molecule has 1 aliphatic rings. The third-order valence-electron chi connectivity index (χ3n) is 3.63. The molecule has 0 spiro atoms. The maximum absolute atomic E-state index is 12.2. The number of ketones is 1. The Balaban J connectivity index is 2.02. The Labute approximate surface area is 123 Å². The summed E-state index contributed by atoms with van der Waals surface area (Å²) in [5.41, 5.74) is 6.41. The lowest BCUT2D eigenvalue weighted by Gasteiger charge is -2.31. The SMILES string of the molecule is CC(=O)c1cccc(NC(=O)N2CCCC(C(N)=O)C2)c1. The van der Waals surface area contributed by atoms with Crippen LogP contribution in [-0.4, -0.2) is 35.7 Å². The lowest BCUT2D eigenvalue weighted by atomic mass is 9.98. The number of hydrogen-bond acceptors (Lipinski definition) is 3. The minimum absolute atomic E-state index is 0.0575. The van der Waals surface area contributed by atoms with Crippen molar-refractivity contribution in [2.45, 2.75) is 19.8 Å². The first-order valence-electron chi connectivity index (χ1n) is 6.93. The van der Waals surface area contributed by atoms with Crippen molar-refractivity contribution in [1.82, 2.24) is 4.90 Å². The summed E-state index contributed by atoms with van der Waals surface area (Å²) in [6.07, 6.45) is 1.48. The number of anilines is 1. The molecule has 0 aliphatic carbocycles. The fourth-order valence-corrected chi connectivity index (χ4v) is 2.41. The van der Waals surface area contributed by atoms with Crippen LogP contribution in [-0.2, 0) is 4.79 Å². The monoisotopic (exact) mass is 289 g/mol. The van der Waals surface area contributed by atoms with E-state index in [0.717, 1.165) is 12.8 Å². The van der Waals surface area contributed by atoms with Gasteiger partial charge in [-0.3, -0.25) is 9.59 Å². The van der Waals surface area contributed by atoms with E-state index < -0.39 is 0 Å². The van der Waals surface area contributed by atoms with Crippen LogP contribution >= 0.6 is 0 Å². The second-order valence-corrected chi connectivity index (χ2v) is 5.25. The molecule has 112 valence electrons. The molecule has 6 nitrogen and oxygen atoms in total. The van der Waals surface area contributed by atoms with Crippen molar-refractivity contribution in [2.24, 2.45) is 11.7 Å². The molecule has 0 radical (unpaired) electrons. The molecule has 21 heavy (non-hydrogen) atoms. The van der Waals surface area contributed by atoms with Crippen molar-refractivity contribution in [1.29, 1.82) is 0 Å². The number of piperidine rings is 1. The van der Waals surface area contributed by atoms with Gasteiger partial charge in [-0.15, -0.1) is 0 Å². The lowest BCUT2D eigenvalue weighted by molar-refractivity contribution is -0.123. The standard InChI is InChI=1S/C15H19N3O3/c1-10(19)11-4-2-6-13(8-11)17-15(21)18-7-3-5-12(9-18)14(16)20/h2,4,6,8,12H,3,5,7,9H2,1H3,(H2,16,20)(H,17,21). The predicted octanol–water partition coefficient (Wildman–Crippen LogP) is 1.62. The zero-order chi connectivity index (χ0) is 15.4. The van der Waals surface area contributed by atoms with Crippen molar-refractivity contribution in [3.8, 4) is 0 Å². The van der Waals surface area contributed by atoms with Gasteiger partial charge in [-0.2, -0.15) is 0 Å². The molecule has 0 aromatic heterocycles. The first-order chi connectivity index (χ1) is 9.97. The molecular weight excluding hydrogens is 270 g/mol. The molecule has 1 saturated heterocycles. The van der Waals surface area contributed by atoms with Crippen LogP contribution in [0, 0.1) is 5.92 Å². The van der Waals surface area contributed by atoms with Gasteiger partial charge in [0.2, 0.25) is 5.91 Å². The van der Waals surface area contributed by atoms with Crippen LogP contribution in [0.4, 0.5) is 10.5 Å². The quantitative estimate of drug-likeness (QED) is 0.828. The Hall–Kier alpha value is -2.37. The van der Waals surface area contributed by atoms with E-state index in [1.807, 2.05) is 0 Å². The summed E-state index contributed by atoms with van der Waals surface area (Å²) in [5.74, 6) is -0.711. The number of Topliss-reactive ketones (excluding diaryl/α,β-unsaturated/α-hetero) is 1. The van der Waals surface area contributed by atoms with Gasteiger partial charge in [0.25, 0.3) is 0 Å². The molecule has 1 aromatic carbocycles. The summed E-state index contributed by atoms with van der Waals surface area (Å²) in [7, 11) is 0. The molecule has 6 heteroatoms. The Kier molecular flexibility index (Phi) is 4.57. The number of primary amides is 1. The number of likely N-dealkylation sites (tertiary alicyclic amines) is 1. The summed E-state index contributed by atoms with van der Waals surface area (Å²) in [4.78, 5) is 36.3. The second kappa shape index (κ2) is 6.39. The van der Waals surface area contributed by atoms with E-state index in [-0.39, 0.29) is 23.6 Å². The highest BCUT2D eigenvalue weighted by Crippen LogP contribution is 2.18. The number of benzene rings is 1. The van der Waals surface area contributed by atoms with Crippen LogP contribution in [0.2, 0.25) is 0 Å². The van der Waals surface area contributed by atoms with E-state index in [2.05, 4.69) is 5.32 Å². The summed E-state index contributed by atoms with van der Waals surface area (Å²) < 4.78 is 0. The number of nitrogens with zero attached hydrogens (tertiary/aromatic N) is 1. The molecule has 0 saturated carbocycles. The largest absolute Gasteiger partial charge is 0.369 e. The van der Waals surface area contributed by atoms with Gasteiger partial charge in [-0.05, 0) is 31.9 Å². The molecule has 1 unspecified atom stereocenters. The third kappa shape index (κ3) is 3.81. The number of carbonyl (C=O) groups excluding carboxylic acids is 3. The van der Waals surface area contributed by atoms with Gasteiger partial charge < -0.3 is 16.0 Å². The Morgan fingerprint density at radius 2 is 2.10 bits per heavy atom. The van der Waals surface area contributed by atoms with Crippen LogP contribution in [0.15, 0.2) is 24.3 Å². The number of carbonyl (C=O) groups is 3. The first kappa shape index (κ1) is 15.0. The van der Waals surface area contributed by atoms with Gasteiger partial charge in [0.05, 0.1) is 5.92 Å². The molecule has 2 rings (SSSR count). The van der Waals surface area contributed by atoms with E-state index >= 15 is 0 Å². The van der Waals surface area contributed by atoms with Gasteiger partial charge in [0.1, 0.15) is 0 Å². The maximum atomic E-state index is 12.2. The van der Waals surface area contributed by atoms with Crippen molar-refractivity contribution in [3.63, 3.8) is 0 Å². The maximum Gasteiger partial charge on any atom is 0.321 e. The molecule has 3 amide bonds. The Morgan fingerprint density at radius 3 is 2.76 bits per heavy atom. The van der Waals surface area contributed by atoms with Gasteiger partial charge in [0.15, 0.2) is 5.78 Å². The van der Waals surface area contributed by atoms with E-state index in [1.54, 1.807) is 29.2 Å². The Bertz CT molecular complexity index is 571. The zero-order valence-electron chi connectivity index (χ0n) is 12.0.